The van der Waals surface area contributed by atoms with E-state index in [4.69, 9.17) is 17.3 Å². The third-order valence-electron chi connectivity index (χ3n) is 2.04. The largest absolute Gasteiger partial charge is 0.399 e. The number of hydrogen-bond donors (Lipinski definition) is 1. The molecule has 0 aromatic heterocycles. The molecule has 0 bridgehead atoms. The van der Waals surface area contributed by atoms with Crippen molar-refractivity contribution < 1.29 is 17.2 Å². The first-order valence-corrected chi connectivity index (χ1v) is 6.36. The fourth-order valence-electron chi connectivity index (χ4n) is 1.18. The first-order valence-electron chi connectivity index (χ1n) is 4.54. The van der Waals surface area contributed by atoms with Gasteiger partial charge in [0.15, 0.2) is 0 Å². The molecule has 0 saturated heterocycles. The Morgan fingerprint density at radius 2 is 2.06 bits per heavy atom. The zero-order chi connectivity index (χ0) is 13.2. The third-order valence-corrected chi connectivity index (χ3v) is 4.34. The van der Waals surface area contributed by atoms with E-state index >= 15 is 0 Å². The van der Waals surface area contributed by atoms with Crippen molar-refractivity contribution in [2.75, 3.05) is 19.3 Å². The Hall–Kier alpha value is -0.920. The highest BCUT2D eigenvalue weighted by Gasteiger charge is 2.25. The van der Waals surface area contributed by atoms with Crippen LogP contribution in [0.1, 0.15) is 0 Å². The number of anilines is 1. The summed E-state index contributed by atoms with van der Waals surface area (Å²) in [6.45, 7) is -0.895. The number of hydrogen-bond acceptors (Lipinski definition) is 3. The maximum atomic E-state index is 12.1. The lowest BCUT2D eigenvalue weighted by Gasteiger charge is -2.17. The van der Waals surface area contributed by atoms with Crippen LogP contribution in [0.15, 0.2) is 23.1 Å². The number of nitrogens with zero attached hydrogens (tertiary/aromatic N) is 1. The Morgan fingerprint density at radius 3 is 2.59 bits per heavy atom. The van der Waals surface area contributed by atoms with E-state index in [1.807, 2.05) is 0 Å². The van der Waals surface area contributed by atoms with Crippen LogP contribution < -0.4 is 5.73 Å². The molecule has 0 amide bonds. The predicted octanol–water partition coefficient (Wildman–Crippen LogP) is 1.81. The molecule has 0 fully saturated rings. The summed E-state index contributed by atoms with van der Waals surface area (Å²) in [5, 5.41) is -0.0553. The Kier molecular flexibility index (Phi) is 4.29. The fraction of sp³-hybridized carbons (Fsp3) is 0.333. The van der Waals surface area contributed by atoms with Crippen LogP contribution in [0, 0.1) is 0 Å². The molecular weight excluding hydrogens is 274 g/mol. The van der Waals surface area contributed by atoms with E-state index in [2.05, 4.69) is 0 Å². The van der Waals surface area contributed by atoms with E-state index in [0.29, 0.717) is 4.31 Å². The van der Waals surface area contributed by atoms with Crippen LogP contribution in [0.4, 0.5) is 14.5 Å². The molecule has 0 aliphatic rings. The van der Waals surface area contributed by atoms with Crippen LogP contribution in [0.25, 0.3) is 0 Å². The summed E-state index contributed by atoms with van der Waals surface area (Å²) in [5.41, 5.74) is 5.63. The summed E-state index contributed by atoms with van der Waals surface area (Å²) in [5.74, 6) is 0. The van der Waals surface area contributed by atoms with Gasteiger partial charge in [0.05, 0.1) is 11.6 Å². The Morgan fingerprint density at radius 1 is 1.47 bits per heavy atom. The molecule has 0 heterocycles. The van der Waals surface area contributed by atoms with E-state index < -0.39 is 23.0 Å². The molecule has 2 N–H and O–H groups in total. The number of nitrogens with two attached hydrogens (primary N) is 1. The Balaban J connectivity index is 3.17. The Labute approximate surface area is 103 Å². The van der Waals surface area contributed by atoms with Gasteiger partial charge in [-0.05, 0) is 18.2 Å². The van der Waals surface area contributed by atoms with Gasteiger partial charge in [-0.1, -0.05) is 11.6 Å². The average molecular weight is 285 g/mol. The summed E-state index contributed by atoms with van der Waals surface area (Å²) in [4.78, 5) is -0.276. The van der Waals surface area contributed by atoms with Crippen molar-refractivity contribution in [1.82, 2.24) is 4.31 Å². The Bertz CT molecular complexity index is 508. The number of sulfonamides is 1. The van der Waals surface area contributed by atoms with E-state index in [1.54, 1.807) is 0 Å². The second-order valence-corrected chi connectivity index (χ2v) is 5.79. The van der Waals surface area contributed by atoms with Crippen LogP contribution >= 0.6 is 11.6 Å². The lowest BCUT2D eigenvalue weighted by molar-refractivity contribution is 0.126. The number of benzene rings is 1. The summed E-state index contributed by atoms with van der Waals surface area (Å²) in [6, 6.07) is 3.87. The maximum absolute atomic E-state index is 12.1. The molecule has 0 aliphatic carbocycles. The molecule has 8 heteroatoms. The molecule has 4 nitrogen and oxygen atoms in total. The van der Waals surface area contributed by atoms with Gasteiger partial charge in [0.2, 0.25) is 10.0 Å². The standard InChI is InChI=1S/C9H11ClF2N2O2S/c1-14(5-9(11)12)17(15,16)8-4-6(13)2-3-7(8)10/h2-4,9H,5,13H2,1H3. The highest BCUT2D eigenvalue weighted by molar-refractivity contribution is 7.89. The summed E-state index contributed by atoms with van der Waals surface area (Å²) in [6.07, 6.45) is -2.75. The quantitative estimate of drug-likeness (QED) is 0.858. The van der Waals surface area contributed by atoms with Gasteiger partial charge in [0.1, 0.15) is 4.90 Å². The minimum Gasteiger partial charge on any atom is -0.399 e. The van der Waals surface area contributed by atoms with Gasteiger partial charge in [0.25, 0.3) is 6.43 Å². The van der Waals surface area contributed by atoms with E-state index in [0.717, 1.165) is 13.1 Å². The number of rotatable bonds is 4. The van der Waals surface area contributed by atoms with Crippen molar-refractivity contribution >= 4 is 27.3 Å². The van der Waals surface area contributed by atoms with Gasteiger partial charge in [-0.2, -0.15) is 4.31 Å². The third kappa shape index (κ3) is 3.27. The molecule has 1 rings (SSSR count). The normalized spacial score (nSPS) is 12.4. The number of alkyl halides is 2. The highest BCUT2D eigenvalue weighted by atomic mass is 35.5. The van der Waals surface area contributed by atoms with Crippen LogP contribution in [-0.2, 0) is 10.0 Å². The van der Waals surface area contributed by atoms with Gasteiger partial charge in [-0.3, -0.25) is 0 Å². The number of halogens is 3. The highest BCUT2D eigenvalue weighted by Crippen LogP contribution is 2.26. The molecule has 0 atom stereocenters. The predicted molar refractivity (Wildman–Crippen MR) is 61.7 cm³/mol. The van der Waals surface area contributed by atoms with Crippen molar-refractivity contribution in [3.63, 3.8) is 0 Å². The first kappa shape index (κ1) is 14.1. The molecule has 0 radical (unpaired) electrons. The minimum atomic E-state index is -4.05. The van der Waals surface area contributed by atoms with Gasteiger partial charge < -0.3 is 5.73 Å². The van der Waals surface area contributed by atoms with Gasteiger partial charge in [0, 0.05) is 12.7 Å². The molecule has 1 aromatic carbocycles. The topological polar surface area (TPSA) is 63.4 Å². The minimum absolute atomic E-state index is 0.0553. The first-order chi connectivity index (χ1) is 7.75. The zero-order valence-electron chi connectivity index (χ0n) is 8.90. The van der Waals surface area contributed by atoms with Crippen molar-refractivity contribution in [3.8, 4) is 0 Å². The van der Waals surface area contributed by atoms with Crippen molar-refractivity contribution in [2.45, 2.75) is 11.3 Å². The monoisotopic (exact) mass is 284 g/mol. The van der Waals surface area contributed by atoms with E-state index in [9.17, 15) is 17.2 Å². The lowest BCUT2D eigenvalue weighted by atomic mass is 10.3. The van der Waals surface area contributed by atoms with Crippen molar-refractivity contribution in [3.05, 3.63) is 23.2 Å². The zero-order valence-corrected chi connectivity index (χ0v) is 10.5. The molecule has 96 valence electrons. The van der Waals surface area contributed by atoms with Gasteiger partial charge >= 0.3 is 0 Å². The van der Waals surface area contributed by atoms with E-state index in [1.165, 1.54) is 12.1 Å². The summed E-state index contributed by atoms with van der Waals surface area (Å²) in [7, 11) is -2.99. The summed E-state index contributed by atoms with van der Waals surface area (Å²) < 4.78 is 48.6. The second kappa shape index (κ2) is 5.16. The molecule has 1 aromatic rings. The average Bonchev–Trinajstić information content (AvgIpc) is 2.20. The molecule has 0 aliphatic heterocycles. The van der Waals surface area contributed by atoms with Gasteiger partial charge in [-0.15, -0.1) is 0 Å². The van der Waals surface area contributed by atoms with Crippen LogP contribution in [0.5, 0.6) is 0 Å². The maximum Gasteiger partial charge on any atom is 0.252 e. The summed E-state index contributed by atoms with van der Waals surface area (Å²) >= 11 is 5.71. The van der Waals surface area contributed by atoms with Gasteiger partial charge in [-0.25, -0.2) is 17.2 Å². The molecule has 0 unspecified atom stereocenters. The lowest BCUT2D eigenvalue weighted by Crippen LogP contribution is -2.31. The fourth-order valence-corrected chi connectivity index (χ4v) is 2.83. The van der Waals surface area contributed by atoms with E-state index in [-0.39, 0.29) is 15.6 Å². The van der Waals surface area contributed by atoms with Crippen molar-refractivity contribution in [2.24, 2.45) is 0 Å². The molecule has 0 saturated carbocycles. The SMILES string of the molecule is CN(CC(F)F)S(=O)(=O)c1cc(N)ccc1Cl. The smallest absolute Gasteiger partial charge is 0.252 e. The molecular formula is C9H11ClF2N2O2S. The van der Waals surface area contributed by atoms with Crippen LogP contribution in [0.2, 0.25) is 5.02 Å². The van der Waals surface area contributed by atoms with Crippen molar-refractivity contribution in [1.29, 1.82) is 0 Å². The van der Waals surface area contributed by atoms with Crippen LogP contribution in [-0.4, -0.2) is 32.7 Å². The molecule has 17 heavy (non-hydrogen) atoms. The molecule has 0 spiro atoms. The van der Waals surface area contributed by atoms with Crippen LogP contribution in [0.3, 0.4) is 0 Å². The second-order valence-electron chi connectivity index (χ2n) is 3.37. The number of nitrogen functional groups attached to an aromatic ring is 1.